The van der Waals surface area contributed by atoms with E-state index >= 15 is 0 Å². The van der Waals surface area contributed by atoms with Crippen molar-refractivity contribution in [3.63, 3.8) is 0 Å². The van der Waals surface area contributed by atoms with Crippen LogP contribution in [0.15, 0.2) is 24.4 Å². The van der Waals surface area contributed by atoms with Crippen molar-refractivity contribution >= 4 is 23.3 Å². The molecule has 0 saturated carbocycles. The second kappa shape index (κ2) is 6.53. The summed E-state index contributed by atoms with van der Waals surface area (Å²) in [7, 11) is 1.55. The number of methoxy groups -OCH3 is 1. The van der Waals surface area contributed by atoms with Crippen molar-refractivity contribution in [3.8, 4) is 5.75 Å². The first kappa shape index (κ1) is 16.2. The molecule has 0 bridgehead atoms. The molecule has 0 aliphatic carbocycles. The molecule has 2 atom stereocenters. The van der Waals surface area contributed by atoms with Gasteiger partial charge in [-0.3, -0.25) is 0 Å². The number of nitrogens with one attached hydrogen (secondary N) is 1. The Morgan fingerprint density at radius 1 is 1.48 bits per heavy atom. The molecular weight excluding hydrogens is 346 g/mol. The van der Waals surface area contributed by atoms with E-state index in [1.807, 2.05) is 4.68 Å². The molecule has 1 saturated heterocycles. The lowest BCUT2D eigenvalue weighted by Gasteiger charge is -2.40. The number of carbonyl (C=O) groups excluding carboxylic acids is 1. The molecule has 1 fully saturated rings. The number of hydrogen-bond donors (Lipinski definition) is 1. The maximum atomic E-state index is 12.6. The molecule has 1 N–H and O–H groups in total. The van der Waals surface area contributed by atoms with Crippen LogP contribution in [0.2, 0.25) is 5.02 Å². The van der Waals surface area contributed by atoms with Crippen LogP contribution in [0.5, 0.6) is 5.75 Å². The van der Waals surface area contributed by atoms with E-state index in [-0.39, 0.29) is 18.2 Å². The zero-order valence-electron chi connectivity index (χ0n) is 13.7. The van der Waals surface area contributed by atoms with E-state index in [1.54, 1.807) is 36.4 Å². The van der Waals surface area contributed by atoms with Gasteiger partial charge in [0.05, 0.1) is 49.3 Å². The molecule has 2 aromatic rings. The number of aromatic nitrogens is 3. The zero-order valence-corrected chi connectivity index (χ0v) is 14.4. The molecule has 0 unspecified atom stereocenters. The fourth-order valence-corrected chi connectivity index (χ4v) is 3.58. The Bertz CT molecular complexity index is 796. The Labute approximate surface area is 149 Å². The van der Waals surface area contributed by atoms with Gasteiger partial charge in [0, 0.05) is 12.2 Å². The van der Waals surface area contributed by atoms with Crippen LogP contribution in [0.3, 0.4) is 0 Å². The average Bonchev–Trinajstić information content (AvgIpc) is 3.10. The highest BCUT2D eigenvalue weighted by Crippen LogP contribution is 2.31. The van der Waals surface area contributed by atoms with E-state index < -0.39 is 0 Å². The molecule has 25 heavy (non-hydrogen) atoms. The quantitative estimate of drug-likeness (QED) is 0.885. The van der Waals surface area contributed by atoms with E-state index in [2.05, 4.69) is 15.6 Å². The summed E-state index contributed by atoms with van der Waals surface area (Å²) in [5.41, 5.74) is 1.60. The number of urea groups is 1. The van der Waals surface area contributed by atoms with Gasteiger partial charge in [-0.2, -0.15) is 0 Å². The third kappa shape index (κ3) is 3.03. The van der Waals surface area contributed by atoms with Gasteiger partial charge < -0.3 is 19.7 Å². The van der Waals surface area contributed by atoms with Crippen molar-refractivity contribution in [2.24, 2.45) is 0 Å². The van der Waals surface area contributed by atoms with Gasteiger partial charge in [-0.1, -0.05) is 16.8 Å². The first-order valence-electron chi connectivity index (χ1n) is 8.06. The molecule has 4 rings (SSSR count). The first-order chi connectivity index (χ1) is 12.2. The molecule has 2 aliphatic rings. The van der Waals surface area contributed by atoms with Crippen LogP contribution in [0.4, 0.5) is 10.5 Å². The number of piperidine rings is 1. The Morgan fingerprint density at radius 2 is 2.36 bits per heavy atom. The normalized spacial score (nSPS) is 22.1. The summed E-state index contributed by atoms with van der Waals surface area (Å²) >= 11 is 6.10. The molecule has 1 aromatic carbocycles. The Kier molecular flexibility index (Phi) is 4.22. The Balaban J connectivity index is 1.42. The number of anilines is 1. The second-order valence-electron chi connectivity index (χ2n) is 6.10. The summed E-state index contributed by atoms with van der Waals surface area (Å²) in [5, 5.41) is 11.4. The van der Waals surface area contributed by atoms with Gasteiger partial charge in [0.1, 0.15) is 5.75 Å². The summed E-state index contributed by atoms with van der Waals surface area (Å²) in [4.78, 5) is 14.3. The predicted octanol–water partition coefficient (Wildman–Crippen LogP) is 2.32. The van der Waals surface area contributed by atoms with Crippen LogP contribution >= 0.6 is 11.6 Å². The molecule has 132 valence electrons. The summed E-state index contributed by atoms with van der Waals surface area (Å²) in [6, 6.07) is 5.11. The lowest BCUT2D eigenvalue weighted by Crippen LogP contribution is -2.51. The summed E-state index contributed by atoms with van der Waals surface area (Å²) in [6.45, 7) is 1.61. The standard InChI is InChI=1S/C16H18ClN5O3/c1-24-14-3-2-10(6-12(14)17)19-16(23)21-5-4-13-15(8-21)25-9-11-7-18-20-22(11)13/h2-3,6-7,13,15H,4-5,8-9H2,1H3,(H,19,23)/t13-,15-/m1/s1. The van der Waals surface area contributed by atoms with Crippen molar-refractivity contribution in [1.29, 1.82) is 0 Å². The molecule has 2 aliphatic heterocycles. The van der Waals surface area contributed by atoms with E-state index in [0.29, 0.717) is 36.2 Å². The van der Waals surface area contributed by atoms with E-state index in [0.717, 1.165) is 12.1 Å². The number of likely N-dealkylation sites (tertiary alicyclic amines) is 1. The van der Waals surface area contributed by atoms with Crippen LogP contribution in [-0.4, -0.2) is 52.2 Å². The van der Waals surface area contributed by atoms with Gasteiger partial charge in [-0.15, -0.1) is 5.10 Å². The number of amides is 2. The van der Waals surface area contributed by atoms with E-state index in [4.69, 9.17) is 21.1 Å². The molecule has 0 radical (unpaired) electrons. The van der Waals surface area contributed by atoms with Crippen molar-refractivity contribution in [3.05, 3.63) is 35.1 Å². The number of hydrogen-bond acceptors (Lipinski definition) is 5. The highest BCUT2D eigenvalue weighted by atomic mass is 35.5. The van der Waals surface area contributed by atoms with E-state index in [1.165, 1.54) is 0 Å². The molecule has 8 nitrogen and oxygen atoms in total. The first-order valence-corrected chi connectivity index (χ1v) is 8.43. The molecule has 3 heterocycles. The van der Waals surface area contributed by atoms with Gasteiger partial charge in [-0.05, 0) is 24.6 Å². The van der Waals surface area contributed by atoms with Crippen LogP contribution in [0, 0.1) is 0 Å². The van der Waals surface area contributed by atoms with Gasteiger partial charge >= 0.3 is 6.03 Å². The number of benzene rings is 1. The third-order valence-corrected chi connectivity index (χ3v) is 4.92. The summed E-state index contributed by atoms with van der Waals surface area (Å²) in [5.74, 6) is 0.569. The monoisotopic (exact) mass is 363 g/mol. The topological polar surface area (TPSA) is 81.5 Å². The van der Waals surface area contributed by atoms with E-state index in [9.17, 15) is 4.79 Å². The van der Waals surface area contributed by atoms with Crippen molar-refractivity contribution in [2.45, 2.75) is 25.2 Å². The number of nitrogens with zero attached hydrogens (tertiary/aromatic N) is 4. The van der Waals surface area contributed by atoms with Crippen LogP contribution in [0.25, 0.3) is 0 Å². The zero-order chi connectivity index (χ0) is 17.4. The lowest BCUT2D eigenvalue weighted by molar-refractivity contribution is -0.0595. The molecule has 2 amide bonds. The van der Waals surface area contributed by atoms with Crippen LogP contribution < -0.4 is 10.1 Å². The molecule has 1 aromatic heterocycles. The van der Waals surface area contributed by atoms with Crippen molar-refractivity contribution < 1.29 is 14.3 Å². The third-order valence-electron chi connectivity index (χ3n) is 4.62. The fraction of sp³-hybridized carbons (Fsp3) is 0.438. The van der Waals surface area contributed by atoms with Crippen LogP contribution in [-0.2, 0) is 11.3 Å². The highest BCUT2D eigenvalue weighted by Gasteiger charge is 2.37. The van der Waals surface area contributed by atoms with Gasteiger partial charge in [-0.25, -0.2) is 9.48 Å². The maximum absolute atomic E-state index is 12.6. The molecular formula is C16H18ClN5O3. The maximum Gasteiger partial charge on any atom is 0.321 e. The van der Waals surface area contributed by atoms with Crippen LogP contribution in [0.1, 0.15) is 18.2 Å². The second-order valence-corrected chi connectivity index (χ2v) is 6.51. The fourth-order valence-electron chi connectivity index (χ4n) is 3.32. The lowest BCUT2D eigenvalue weighted by atomic mass is 10.0. The number of ether oxygens (including phenoxy) is 2. The van der Waals surface area contributed by atoms with Crippen molar-refractivity contribution in [2.75, 3.05) is 25.5 Å². The predicted molar refractivity (Wildman–Crippen MR) is 90.8 cm³/mol. The number of halogens is 1. The van der Waals surface area contributed by atoms with Gasteiger partial charge in [0.25, 0.3) is 0 Å². The molecule has 0 spiro atoms. The minimum atomic E-state index is -0.173. The van der Waals surface area contributed by atoms with Crippen molar-refractivity contribution in [1.82, 2.24) is 19.9 Å². The smallest absolute Gasteiger partial charge is 0.321 e. The Morgan fingerprint density at radius 3 is 3.16 bits per heavy atom. The number of rotatable bonds is 2. The minimum absolute atomic E-state index is 0.0758. The average molecular weight is 364 g/mol. The van der Waals surface area contributed by atoms with Gasteiger partial charge in [0.2, 0.25) is 0 Å². The number of fused-ring (bicyclic) bond motifs is 3. The summed E-state index contributed by atoms with van der Waals surface area (Å²) < 4.78 is 12.9. The molecule has 9 heteroatoms. The minimum Gasteiger partial charge on any atom is -0.495 e. The summed E-state index contributed by atoms with van der Waals surface area (Å²) in [6.07, 6.45) is 2.42. The van der Waals surface area contributed by atoms with Gasteiger partial charge in [0.15, 0.2) is 0 Å². The Hall–Kier alpha value is -2.32. The SMILES string of the molecule is COc1ccc(NC(=O)N2CC[C@@H]3[C@@H](C2)OCc2cnnn23)cc1Cl. The number of carbonyl (C=O) groups is 1. The largest absolute Gasteiger partial charge is 0.495 e. The highest BCUT2D eigenvalue weighted by molar-refractivity contribution is 6.32.